The number of hydrogen-bond donors (Lipinski definition) is 0. The van der Waals surface area contributed by atoms with E-state index >= 15 is 0 Å². The number of amides is 1. The minimum absolute atomic E-state index is 0.0592. The van der Waals surface area contributed by atoms with Crippen molar-refractivity contribution in [3.05, 3.63) is 34.9 Å². The number of benzene rings is 1. The van der Waals surface area contributed by atoms with Crippen LogP contribution in [0.2, 0.25) is 5.02 Å². The SMILES string of the molecule is O=C1CC(S(=O)(=O)Cl)CN1Cc1ccccc1Cl. The van der Waals surface area contributed by atoms with Gasteiger partial charge in [0.25, 0.3) is 0 Å². The Hall–Kier alpha value is -0.780. The van der Waals surface area contributed by atoms with E-state index in [1.807, 2.05) is 6.07 Å². The molecule has 1 aromatic rings. The van der Waals surface area contributed by atoms with E-state index in [0.29, 0.717) is 11.6 Å². The van der Waals surface area contributed by atoms with Crippen LogP contribution in [0.1, 0.15) is 12.0 Å². The molecule has 98 valence electrons. The molecule has 18 heavy (non-hydrogen) atoms. The van der Waals surface area contributed by atoms with Crippen molar-refractivity contribution in [2.75, 3.05) is 6.54 Å². The Bertz CT molecular complexity index is 573. The summed E-state index contributed by atoms with van der Waals surface area (Å²) >= 11 is 5.99. The van der Waals surface area contributed by atoms with E-state index in [2.05, 4.69) is 0 Å². The van der Waals surface area contributed by atoms with E-state index in [-0.39, 0.29) is 18.9 Å². The number of rotatable bonds is 3. The number of likely N-dealkylation sites (tertiary alicyclic amines) is 1. The summed E-state index contributed by atoms with van der Waals surface area (Å²) in [6.45, 7) is 0.428. The van der Waals surface area contributed by atoms with Crippen molar-refractivity contribution in [3.8, 4) is 0 Å². The van der Waals surface area contributed by atoms with Crippen molar-refractivity contribution in [2.45, 2.75) is 18.2 Å². The summed E-state index contributed by atoms with van der Waals surface area (Å²) in [7, 11) is 1.58. The second-order valence-corrected chi connectivity index (χ2v) is 7.48. The zero-order valence-corrected chi connectivity index (χ0v) is 11.7. The molecule has 1 heterocycles. The lowest BCUT2D eigenvalue weighted by atomic mass is 10.2. The van der Waals surface area contributed by atoms with Gasteiger partial charge in [0.15, 0.2) is 0 Å². The van der Waals surface area contributed by atoms with Crippen molar-refractivity contribution in [3.63, 3.8) is 0 Å². The van der Waals surface area contributed by atoms with Crippen LogP contribution < -0.4 is 0 Å². The van der Waals surface area contributed by atoms with Gasteiger partial charge in [0, 0.05) is 35.2 Å². The van der Waals surface area contributed by atoms with Crippen LogP contribution in [0.3, 0.4) is 0 Å². The fraction of sp³-hybridized carbons (Fsp3) is 0.364. The number of carbonyl (C=O) groups is 1. The summed E-state index contributed by atoms with van der Waals surface area (Å²) in [6.07, 6.45) is -0.0592. The Labute approximate surface area is 115 Å². The standard InChI is InChI=1S/C11H11Cl2NO3S/c12-10-4-2-1-3-8(10)6-14-7-9(5-11(14)15)18(13,16)17/h1-4,9H,5-7H2. The van der Waals surface area contributed by atoms with Crippen molar-refractivity contribution < 1.29 is 13.2 Å². The molecule has 4 nitrogen and oxygen atoms in total. The molecule has 0 aromatic heterocycles. The summed E-state index contributed by atoms with van der Waals surface area (Å²) in [4.78, 5) is 13.2. The fourth-order valence-electron chi connectivity index (χ4n) is 1.91. The van der Waals surface area contributed by atoms with Crippen molar-refractivity contribution >= 4 is 37.2 Å². The number of carbonyl (C=O) groups excluding carboxylic acids is 1. The third-order valence-electron chi connectivity index (χ3n) is 2.90. The molecule has 1 fully saturated rings. The predicted molar refractivity (Wildman–Crippen MR) is 70.0 cm³/mol. The molecule has 0 spiro atoms. The van der Waals surface area contributed by atoms with Crippen LogP contribution in [0, 0.1) is 0 Å². The van der Waals surface area contributed by atoms with E-state index in [0.717, 1.165) is 5.56 Å². The molecule has 0 radical (unpaired) electrons. The second-order valence-electron chi connectivity index (χ2n) is 4.17. The number of nitrogens with zero attached hydrogens (tertiary/aromatic N) is 1. The lowest BCUT2D eigenvalue weighted by molar-refractivity contribution is -0.128. The average Bonchev–Trinajstić information content (AvgIpc) is 2.63. The van der Waals surface area contributed by atoms with Gasteiger partial charge in [-0.15, -0.1) is 0 Å². The van der Waals surface area contributed by atoms with Crippen molar-refractivity contribution in [2.24, 2.45) is 0 Å². The monoisotopic (exact) mass is 307 g/mol. The summed E-state index contributed by atoms with van der Waals surface area (Å²) in [5.74, 6) is -0.218. The van der Waals surface area contributed by atoms with Gasteiger partial charge in [-0.1, -0.05) is 29.8 Å². The Balaban J connectivity index is 2.13. The number of hydrogen-bond acceptors (Lipinski definition) is 3. The van der Waals surface area contributed by atoms with Crippen LogP contribution >= 0.6 is 22.3 Å². The molecule has 1 amide bonds. The largest absolute Gasteiger partial charge is 0.337 e. The Morgan fingerprint density at radius 1 is 1.33 bits per heavy atom. The van der Waals surface area contributed by atoms with Crippen LogP contribution in [0.25, 0.3) is 0 Å². The molecule has 1 atom stereocenters. The molecule has 2 rings (SSSR count). The fourth-order valence-corrected chi connectivity index (χ4v) is 3.16. The maximum absolute atomic E-state index is 11.7. The van der Waals surface area contributed by atoms with Crippen LogP contribution in [-0.2, 0) is 20.4 Å². The summed E-state index contributed by atoms with van der Waals surface area (Å²) in [6, 6.07) is 7.15. The maximum Gasteiger partial charge on any atom is 0.237 e. The van der Waals surface area contributed by atoms with Crippen LogP contribution in [0.15, 0.2) is 24.3 Å². The van der Waals surface area contributed by atoms with Gasteiger partial charge in [0.1, 0.15) is 5.25 Å². The molecule has 7 heteroatoms. The highest BCUT2D eigenvalue weighted by atomic mass is 35.7. The molecular weight excluding hydrogens is 297 g/mol. The lowest BCUT2D eigenvalue weighted by Gasteiger charge is -2.16. The molecule has 0 aliphatic carbocycles. The Morgan fingerprint density at radius 2 is 2.00 bits per heavy atom. The first-order chi connectivity index (χ1) is 8.38. The maximum atomic E-state index is 11.7. The van der Waals surface area contributed by atoms with E-state index in [1.54, 1.807) is 18.2 Å². The molecule has 0 N–H and O–H groups in total. The molecule has 1 aliphatic rings. The predicted octanol–water partition coefficient (Wildman–Crippen LogP) is 2.01. The zero-order valence-electron chi connectivity index (χ0n) is 9.34. The van der Waals surface area contributed by atoms with E-state index in [9.17, 15) is 13.2 Å². The molecular formula is C11H11Cl2NO3S. The van der Waals surface area contributed by atoms with E-state index < -0.39 is 14.3 Å². The normalized spacial score (nSPS) is 20.4. The lowest BCUT2D eigenvalue weighted by Crippen LogP contribution is -2.26. The first-order valence-corrected chi connectivity index (χ1v) is 8.07. The van der Waals surface area contributed by atoms with Crippen molar-refractivity contribution in [1.82, 2.24) is 4.90 Å². The summed E-state index contributed by atoms with van der Waals surface area (Å²) < 4.78 is 22.4. The third kappa shape index (κ3) is 2.96. The van der Waals surface area contributed by atoms with Crippen LogP contribution in [0.4, 0.5) is 0 Å². The van der Waals surface area contributed by atoms with Gasteiger partial charge < -0.3 is 4.90 Å². The minimum Gasteiger partial charge on any atom is -0.337 e. The van der Waals surface area contributed by atoms with Crippen molar-refractivity contribution in [1.29, 1.82) is 0 Å². The van der Waals surface area contributed by atoms with Gasteiger partial charge in [-0.05, 0) is 11.6 Å². The molecule has 1 aromatic carbocycles. The van der Waals surface area contributed by atoms with E-state index in [1.165, 1.54) is 4.90 Å². The highest BCUT2D eigenvalue weighted by Crippen LogP contribution is 2.24. The first-order valence-electron chi connectivity index (χ1n) is 5.32. The van der Waals surface area contributed by atoms with Gasteiger partial charge in [-0.2, -0.15) is 0 Å². The quantitative estimate of drug-likeness (QED) is 0.803. The summed E-state index contributed by atoms with van der Waals surface area (Å²) in [5.41, 5.74) is 0.792. The zero-order chi connectivity index (χ0) is 13.3. The molecule has 1 aliphatic heterocycles. The highest BCUT2D eigenvalue weighted by molar-refractivity contribution is 8.14. The third-order valence-corrected chi connectivity index (χ3v) is 5.13. The second kappa shape index (κ2) is 5.07. The summed E-state index contributed by atoms with van der Waals surface area (Å²) in [5, 5.41) is -0.267. The van der Waals surface area contributed by atoms with Crippen LogP contribution in [-0.4, -0.2) is 31.0 Å². The van der Waals surface area contributed by atoms with E-state index in [4.69, 9.17) is 22.3 Å². The number of halogens is 2. The smallest absolute Gasteiger partial charge is 0.237 e. The van der Waals surface area contributed by atoms with Gasteiger partial charge in [-0.25, -0.2) is 8.42 Å². The topological polar surface area (TPSA) is 54.5 Å². The van der Waals surface area contributed by atoms with Gasteiger partial charge >= 0.3 is 0 Å². The minimum atomic E-state index is -3.69. The molecule has 0 bridgehead atoms. The van der Waals surface area contributed by atoms with Gasteiger partial charge in [-0.3, -0.25) is 4.79 Å². The Morgan fingerprint density at radius 3 is 2.56 bits per heavy atom. The first kappa shape index (κ1) is 13.6. The van der Waals surface area contributed by atoms with Crippen LogP contribution in [0.5, 0.6) is 0 Å². The highest BCUT2D eigenvalue weighted by Gasteiger charge is 2.37. The molecule has 0 saturated carbocycles. The average molecular weight is 308 g/mol. The van der Waals surface area contributed by atoms with Gasteiger partial charge in [0.2, 0.25) is 15.0 Å². The van der Waals surface area contributed by atoms with Gasteiger partial charge in [0.05, 0.1) is 0 Å². The molecule has 1 unspecified atom stereocenters. The Kier molecular flexibility index (Phi) is 3.84. The molecule has 1 saturated heterocycles.